The molecule has 2 aliphatic rings. The molecule has 0 heterocycles. The van der Waals surface area contributed by atoms with Crippen molar-refractivity contribution in [2.75, 3.05) is 0 Å². The normalized spacial score (nSPS) is 24.9. The van der Waals surface area contributed by atoms with E-state index in [0.29, 0.717) is 8.41 Å². The number of rotatable bonds is 2. The first-order valence-electron chi connectivity index (χ1n) is 7.95. The molecule has 0 fully saturated rings. The van der Waals surface area contributed by atoms with Crippen molar-refractivity contribution in [3.8, 4) is 0 Å². The first-order chi connectivity index (χ1) is 9.48. The van der Waals surface area contributed by atoms with Gasteiger partial charge >= 0.3 is 138 Å². The van der Waals surface area contributed by atoms with E-state index in [-0.39, 0.29) is 15.8 Å². The molecule has 2 aliphatic carbocycles. The summed E-state index contributed by atoms with van der Waals surface area (Å²) in [6.07, 6.45) is 0. The van der Waals surface area contributed by atoms with Gasteiger partial charge in [-0.15, -0.1) is 0 Å². The molecule has 0 atom stereocenters. The van der Waals surface area contributed by atoms with Gasteiger partial charge in [0.05, 0.1) is 0 Å². The Morgan fingerprint density at radius 1 is 0.476 bits per heavy atom. The second-order valence-corrected chi connectivity index (χ2v) is 11.5. The van der Waals surface area contributed by atoms with Gasteiger partial charge in [0.1, 0.15) is 0 Å². The van der Waals surface area contributed by atoms with Crippen molar-refractivity contribution in [2.45, 2.75) is 77.6 Å². The van der Waals surface area contributed by atoms with Crippen LogP contribution in [0.2, 0.25) is 8.41 Å². The molecule has 0 amide bonds. The first kappa shape index (κ1) is 16.9. The summed E-state index contributed by atoms with van der Waals surface area (Å²) in [6.45, 7) is 23.7. The zero-order valence-corrected chi connectivity index (χ0v) is 17.3. The van der Waals surface area contributed by atoms with E-state index >= 15 is 0 Å². The van der Waals surface area contributed by atoms with Gasteiger partial charge in [-0.3, -0.25) is 0 Å². The van der Waals surface area contributed by atoms with Crippen LogP contribution in [0.5, 0.6) is 0 Å². The molecule has 2 radical (unpaired) electrons. The Bertz CT molecular complexity index is 531. The topological polar surface area (TPSA) is 0 Å². The van der Waals surface area contributed by atoms with Gasteiger partial charge in [-0.05, 0) is 0 Å². The van der Waals surface area contributed by atoms with Gasteiger partial charge in [0, 0.05) is 0 Å². The molecule has 0 spiro atoms. The van der Waals surface area contributed by atoms with Gasteiger partial charge in [-0.1, -0.05) is 0 Å². The van der Waals surface area contributed by atoms with Crippen molar-refractivity contribution in [3.63, 3.8) is 0 Å². The summed E-state index contributed by atoms with van der Waals surface area (Å²) in [5.74, 6) is 0. The minimum atomic E-state index is 0.133. The number of hydrogen-bond acceptors (Lipinski definition) is 0. The van der Waals surface area contributed by atoms with Crippen LogP contribution in [0.1, 0.15) is 69.2 Å². The standard InChI is InChI=1S/C20H30As/c1-11-12(2)16(6)19(9,15(11)5)21-20(10)17(7)13(3)14(4)18(20)8/h1-10H3/q+1. The summed E-state index contributed by atoms with van der Waals surface area (Å²) < 4.78 is 0.597. The van der Waals surface area contributed by atoms with Gasteiger partial charge in [0.25, 0.3) is 0 Å². The van der Waals surface area contributed by atoms with Crippen LogP contribution in [-0.2, 0) is 0 Å². The van der Waals surface area contributed by atoms with E-state index < -0.39 is 0 Å². The Hall–Kier alpha value is -0.482. The van der Waals surface area contributed by atoms with E-state index in [1.807, 2.05) is 0 Å². The number of allylic oxidation sites excluding steroid dienone is 8. The molecule has 0 aromatic heterocycles. The van der Waals surface area contributed by atoms with Gasteiger partial charge < -0.3 is 0 Å². The van der Waals surface area contributed by atoms with Crippen LogP contribution in [0.15, 0.2) is 44.6 Å². The molecule has 2 rings (SSSR count). The quantitative estimate of drug-likeness (QED) is 0.507. The maximum absolute atomic E-state index is 2.49. The molecule has 21 heavy (non-hydrogen) atoms. The van der Waals surface area contributed by atoms with Gasteiger partial charge in [-0.25, -0.2) is 0 Å². The Kier molecular flexibility index (Phi) is 4.03. The second kappa shape index (κ2) is 5.02. The van der Waals surface area contributed by atoms with E-state index in [1.165, 1.54) is 22.3 Å². The zero-order valence-electron chi connectivity index (χ0n) is 15.4. The molecule has 0 bridgehead atoms. The van der Waals surface area contributed by atoms with Crippen LogP contribution in [-0.4, -0.2) is 15.8 Å². The van der Waals surface area contributed by atoms with E-state index in [2.05, 4.69) is 69.2 Å². The third-order valence-electron chi connectivity index (χ3n) is 6.74. The second-order valence-electron chi connectivity index (χ2n) is 7.26. The van der Waals surface area contributed by atoms with E-state index in [9.17, 15) is 0 Å². The number of hydrogen-bond donors (Lipinski definition) is 0. The van der Waals surface area contributed by atoms with Crippen LogP contribution in [0.3, 0.4) is 0 Å². The summed E-state index contributed by atoms with van der Waals surface area (Å²) in [6, 6.07) is 0. The fourth-order valence-corrected chi connectivity index (χ4v) is 8.62. The summed E-state index contributed by atoms with van der Waals surface area (Å²) in [4.78, 5) is 0. The van der Waals surface area contributed by atoms with Crippen molar-refractivity contribution in [3.05, 3.63) is 44.6 Å². The van der Waals surface area contributed by atoms with E-state index in [1.54, 1.807) is 22.3 Å². The fourth-order valence-electron chi connectivity index (χ4n) is 3.93. The van der Waals surface area contributed by atoms with Crippen molar-refractivity contribution >= 4 is 15.8 Å². The fraction of sp³-hybridized carbons (Fsp3) is 0.600. The molecule has 0 aromatic carbocycles. The van der Waals surface area contributed by atoms with Gasteiger partial charge in [0.2, 0.25) is 0 Å². The van der Waals surface area contributed by atoms with Crippen LogP contribution in [0.4, 0.5) is 0 Å². The summed E-state index contributed by atoms with van der Waals surface area (Å²) in [5.41, 5.74) is 12.6. The molecule has 0 unspecified atom stereocenters. The SMILES string of the molecule is CC1=C(C)C(C)([As+]C2(C)C(C)=C(C)C(C)=C2C)C(C)=C1C. The average molecular weight is 345 g/mol. The van der Waals surface area contributed by atoms with Crippen LogP contribution < -0.4 is 0 Å². The molecule has 114 valence electrons. The van der Waals surface area contributed by atoms with Gasteiger partial charge in [-0.2, -0.15) is 0 Å². The Labute approximate surface area is 138 Å². The van der Waals surface area contributed by atoms with Crippen molar-refractivity contribution in [2.24, 2.45) is 0 Å². The molecule has 0 N–H and O–H groups in total. The molecule has 0 aromatic rings. The monoisotopic (exact) mass is 345 g/mol. The van der Waals surface area contributed by atoms with Crippen LogP contribution >= 0.6 is 0 Å². The predicted octanol–water partition coefficient (Wildman–Crippen LogP) is 6.42. The summed E-state index contributed by atoms with van der Waals surface area (Å²) in [5, 5.41) is 0. The molecule has 0 aliphatic heterocycles. The molecule has 0 nitrogen and oxygen atoms in total. The third-order valence-corrected chi connectivity index (χ3v) is 11.4. The third kappa shape index (κ3) is 2.09. The van der Waals surface area contributed by atoms with Crippen molar-refractivity contribution in [1.29, 1.82) is 0 Å². The average Bonchev–Trinajstić information content (AvgIpc) is 2.67. The first-order valence-corrected chi connectivity index (χ1v) is 9.82. The zero-order chi connectivity index (χ0) is 16.3. The summed E-state index contributed by atoms with van der Waals surface area (Å²) >= 11 is 0.133. The van der Waals surface area contributed by atoms with Crippen molar-refractivity contribution < 1.29 is 0 Å². The molecule has 0 saturated heterocycles. The van der Waals surface area contributed by atoms with Crippen molar-refractivity contribution in [1.82, 2.24) is 0 Å². The Balaban J connectivity index is 2.54. The van der Waals surface area contributed by atoms with Crippen LogP contribution in [0, 0.1) is 0 Å². The minimum absolute atomic E-state index is 0.133. The summed E-state index contributed by atoms with van der Waals surface area (Å²) in [7, 11) is 0. The Morgan fingerprint density at radius 3 is 0.857 bits per heavy atom. The maximum atomic E-state index is 2.49. The molecular weight excluding hydrogens is 315 g/mol. The predicted molar refractivity (Wildman–Crippen MR) is 96.0 cm³/mol. The van der Waals surface area contributed by atoms with E-state index in [0.717, 1.165) is 0 Å². The van der Waals surface area contributed by atoms with Gasteiger partial charge in [0.15, 0.2) is 0 Å². The molecular formula is C20H30As+. The van der Waals surface area contributed by atoms with Crippen LogP contribution in [0.25, 0.3) is 0 Å². The molecule has 0 saturated carbocycles. The molecule has 1 heteroatoms. The Morgan fingerprint density at radius 2 is 0.667 bits per heavy atom. The van der Waals surface area contributed by atoms with E-state index in [4.69, 9.17) is 0 Å².